The fraction of sp³-hybridized carbons (Fsp3) is 0.435. The number of piperidine rings is 1. The largest absolute Gasteiger partial charge is 0.378 e. The second kappa shape index (κ2) is 9.58. The Hall–Kier alpha value is -2.82. The van der Waals surface area contributed by atoms with E-state index in [0.717, 1.165) is 54.5 Å². The maximum atomic E-state index is 14.4. The fourth-order valence-corrected chi connectivity index (χ4v) is 5.30. The number of halogens is 1. The number of hydrogen-bond donors (Lipinski definition) is 2. The van der Waals surface area contributed by atoms with Gasteiger partial charge in [0.15, 0.2) is 10.8 Å². The number of carbonyl (C=O) groups is 1. The van der Waals surface area contributed by atoms with Crippen LogP contribution in [0.3, 0.4) is 0 Å². The van der Waals surface area contributed by atoms with Crippen LogP contribution in [0.15, 0.2) is 30.5 Å². The van der Waals surface area contributed by atoms with Crippen molar-refractivity contribution >= 4 is 44.1 Å². The molecule has 0 unspecified atom stereocenters. The highest BCUT2D eigenvalue weighted by molar-refractivity contribution is 7.22. The molecular formula is C23H27FN6O2S. The number of pyridine rings is 1. The van der Waals surface area contributed by atoms with E-state index in [4.69, 9.17) is 10.5 Å². The SMILES string of the molecule is NCC1CCN(c2cc(F)cc(C(=O)Nc3cnc4nc(N5CCOCC5)sc4c3)c2)CC1. The molecule has 0 aliphatic carbocycles. The summed E-state index contributed by atoms with van der Waals surface area (Å²) in [7, 11) is 0. The van der Waals surface area contributed by atoms with Crippen LogP contribution in [-0.2, 0) is 4.74 Å². The van der Waals surface area contributed by atoms with Crippen LogP contribution in [0.5, 0.6) is 0 Å². The number of benzene rings is 1. The summed E-state index contributed by atoms with van der Waals surface area (Å²) < 4.78 is 20.6. The lowest BCUT2D eigenvalue weighted by Crippen LogP contribution is -2.36. The molecule has 10 heteroatoms. The Morgan fingerprint density at radius 1 is 1.15 bits per heavy atom. The van der Waals surface area contributed by atoms with E-state index in [9.17, 15) is 9.18 Å². The Labute approximate surface area is 195 Å². The van der Waals surface area contributed by atoms with Gasteiger partial charge in [-0.2, -0.15) is 4.98 Å². The summed E-state index contributed by atoms with van der Waals surface area (Å²) in [5.74, 6) is -0.285. The van der Waals surface area contributed by atoms with Gasteiger partial charge >= 0.3 is 0 Å². The zero-order valence-corrected chi connectivity index (χ0v) is 19.1. The molecule has 0 spiro atoms. The van der Waals surface area contributed by atoms with Crippen LogP contribution in [0.25, 0.3) is 10.3 Å². The first-order valence-electron chi connectivity index (χ1n) is 11.3. The minimum absolute atomic E-state index is 0.282. The van der Waals surface area contributed by atoms with Crippen molar-refractivity contribution in [2.24, 2.45) is 11.7 Å². The first-order valence-corrected chi connectivity index (χ1v) is 12.1. The van der Waals surface area contributed by atoms with Crippen molar-refractivity contribution in [1.82, 2.24) is 9.97 Å². The molecule has 5 rings (SSSR count). The molecule has 0 bridgehead atoms. The molecule has 3 aromatic rings. The molecule has 2 aliphatic rings. The molecule has 1 aromatic carbocycles. The van der Waals surface area contributed by atoms with Crippen molar-refractivity contribution in [1.29, 1.82) is 0 Å². The van der Waals surface area contributed by atoms with Gasteiger partial charge in [0.05, 0.1) is 29.8 Å². The highest BCUT2D eigenvalue weighted by Gasteiger charge is 2.21. The van der Waals surface area contributed by atoms with E-state index in [1.54, 1.807) is 12.3 Å². The van der Waals surface area contributed by atoms with Crippen molar-refractivity contribution in [3.63, 3.8) is 0 Å². The number of aromatic nitrogens is 2. The van der Waals surface area contributed by atoms with Gasteiger partial charge in [-0.3, -0.25) is 4.79 Å². The maximum absolute atomic E-state index is 14.4. The topological polar surface area (TPSA) is 96.6 Å². The average Bonchev–Trinajstić information content (AvgIpc) is 3.28. The van der Waals surface area contributed by atoms with E-state index in [-0.39, 0.29) is 11.5 Å². The van der Waals surface area contributed by atoms with Crippen molar-refractivity contribution in [3.05, 3.63) is 41.8 Å². The van der Waals surface area contributed by atoms with Gasteiger partial charge in [0.25, 0.3) is 5.91 Å². The summed E-state index contributed by atoms with van der Waals surface area (Å²) in [6.45, 7) is 5.27. The van der Waals surface area contributed by atoms with Crippen LogP contribution >= 0.6 is 11.3 Å². The number of morpholine rings is 1. The quantitative estimate of drug-likeness (QED) is 0.591. The molecule has 8 nitrogen and oxygen atoms in total. The van der Waals surface area contributed by atoms with Crippen LogP contribution in [0.4, 0.5) is 20.9 Å². The average molecular weight is 471 g/mol. The van der Waals surface area contributed by atoms with Gasteiger partial charge in [-0.25, -0.2) is 9.37 Å². The zero-order chi connectivity index (χ0) is 22.8. The van der Waals surface area contributed by atoms with E-state index in [0.29, 0.717) is 37.0 Å². The number of nitrogens with zero attached hydrogens (tertiary/aromatic N) is 4. The lowest BCUT2D eigenvalue weighted by molar-refractivity contribution is 0.102. The monoisotopic (exact) mass is 470 g/mol. The van der Waals surface area contributed by atoms with Gasteiger partial charge < -0.3 is 25.6 Å². The minimum Gasteiger partial charge on any atom is -0.378 e. The van der Waals surface area contributed by atoms with Gasteiger partial charge in [-0.1, -0.05) is 11.3 Å². The Balaban J connectivity index is 1.31. The van der Waals surface area contributed by atoms with Gasteiger partial charge in [0.1, 0.15) is 5.82 Å². The molecule has 0 atom stereocenters. The first kappa shape index (κ1) is 22.0. The van der Waals surface area contributed by atoms with Crippen molar-refractivity contribution in [2.45, 2.75) is 12.8 Å². The highest BCUT2D eigenvalue weighted by atomic mass is 32.1. The van der Waals surface area contributed by atoms with Gasteiger partial charge in [-0.05, 0) is 49.6 Å². The number of nitrogens with two attached hydrogens (primary N) is 1. The lowest BCUT2D eigenvalue weighted by Gasteiger charge is -2.33. The molecule has 0 radical (unpaired) electrons. The third-order valence-corrected chi connectivity index (χ3v) is 7.29. The van der Waals surface area contributed by atoms with Gasteiger partial charge in [-0.15, -0.1) is 0 Å². The molecule has 1 amide bonds. The van der Waals surface area contributed by atoms with Gasteiger partial charge in [0, 0.05) is 37.4 Å². The highest BCUT2D eigenvalue weighted by Crippen LogP contribution is 2.30. The predicted molar refractivity (Wildman–Crippen MR) is 129 cm³/mol. The first-order chi connectivity index (χ1) is 16.1. The molecule has 174 valence electrons. The summed E-state index contributed by atoms with van der Waals surface area (Å²) in [6, 6.07) is 6.36. The normalized spacial score (nSPS) is 17.5. The van der Waals surface area contributed by atoms with Crippen LogP contribution in [-0.4, -0.2) is 61.8 Å². The van der Waals surface area contributed by atoms with E-state index in [1.165, 1.54) is 23.5 Å². The fourth-order valence-electron chi connectivity index (χ4n) is 4.28. The number of thiazole rings is 1. The molecule has 2 saturated heterocycles. The van der Waals surface area contributed by atoms with Crippen LogP contribution < -0.4 is 20.9 Å². The van der Waals surface area contributed by atoms with E-state index >= 15 is 0 Å². The van der Waals surface area contributed by atoms with Gasteiger partial charge in [0.2, 0.25) is 0 Å². The molecule has 2 fully saturated rings. The van der Waals surface area contributed by atoms with Crippen molar-refractivity contribution in [3.8, 4) is 0 Å². The lowest BCUT2D eigenvalue weighted by atomic mass is 9.96. The number of anilines is 3. The minimum atomic E-state index is -0.426. The second-order valence-electron chi connectivity index (χ2n) is 8.46. The number of ether oxygens (including phenoxy) is 1. The van der Waals surface area contributed by atoms with Crippen LogP contribution in [0.1, 0.15) is 23.2 Å². The smallest absolute Gasteiger partial charge is 0.255 e. The van der Waals surface area contributed by atoms with E-state index in [1.807, 2.05) is 6.07 Å². The Kier molecular flexibility index (Phi) is 6.39. The Morgan fingerprint density at radius 3 is 2.70 bits per heavy atom. The molecule has 2 aromatic heterocycles. The van der Waals surface area contributed by atoms with Crippen molar-refractivity contribution < 1.29 is 13.9 Å². The summed E-state index contributed by atoms with van der Waals surface area (Å²) in [6.07, 6.45) is 3.53. The summed E-state index contributed by atoms with van der Waals surface area (Å²) in [4.78, 5) is 26.2. The third-order valence-electron chi connectivity index (χ3n) is 6.23. The molecule has 0 saturated carbocycles. The number of amides is 1. The van der Waals surface area contributed by atoms with E-state index < -0.39 is 5.82 Å². The maximum Gasteiger partial charge on any atom is 0.255 e. The number of carbonyl (C=O) groups excluding carboxylic acids is 1. The molecule has 33 heavy (non-hydrogen) atoms. The van der Waals surface area contributed by atoms with Crippen LogP contribution in [0, 0.1) is 11.7 Å². The third kappa shape index (κ3) is 4.92. The van der Waals surface area contributed by atoms with Crippen molar-refractivity contribution in [2.75, 3.05) is 61.1 Å². The second-order valence-corrected chi connectivity index (χ2v) is 9.47. The molecule has 4 heterocycles. The number of hydrogen-bond acceptors (Lipinski definition) is 8. The predicted octanol–water partition coefficient (Wildman–Crippen LogP) is 3.09. The van der Waals surface area contributed by atoms with E-state index in [2.05, 4.69) is 25.1 Å². The molecular weight excluding hydrogens is 443 g/mol. The summed E-state index contributed by atoms with van der Waals surface area (Å²) in [5, 5.41) is 3.76. The summed E-state index contributed by atoms with van der Waals surface area (Å²) in [5.41, 5.74) is 7.98. The molecule has 3 N–H and O–H groups in total. The Bertz CT molecular complexity index is 1140. The van der Waals surface area contributed by atoms with Crippen LogP contribution in [0.2, 0.25) is 0 Å². The number of fused-ring (bicyclic) bond motifs is 1. The molecule has 2 aliphatic heterocycles. The number of nitrogens with one attached hydrogen (secondary N) is 1. The Morgan fingerprint density at radius 2 is 1.94 bits per heavy atom. The zero-order valence-electron chi connectivity index (χ0n) is 18.3. The standard InChI is InChI=1S/C23H27FN6O2S/c24-17-9-16(10-19(11-17)29-3-1-15(13-25)2-4-29)22(31)27-18-12-20-21(26-14-18)28-23(33-20)30-5-7-32-8-6-30/h9-12,14-15H,1-8,13,25H2,(H,27,31). The summed E-state index contributed by atoms with van der Waals surface area (Å²) >= 11 is 1.54. The number of rotatable bonds is 5.